The van der Waals surface area contributed by atoms with Crippen LogP contribution in [0.3, 0.4) is 0 Å². The van der Waals surface area contributed by atoms with Crippen LogP contribution in [0.5, 0.6) is 0 Å². The van der Waals surface area contributed by atoms with Crippen LogP contribution in [-0.4, -0.2) is 33.8 Å². The SMILES string of the molecule is CC(C)C1NC(=O)C(C(C)(C)C)N(Cc2nccs2)C1=O. The first-order valence-corrected chi connectivity index (χ1v) is 8.09. The number of hydrogen-bond donors (Lipinski definition) is 1. The van der Waals surface area contributed by atoms with Crippen molar-refractivity contribution in [1.29, 1.82) is 0 Å². The lowest BCUT2D eigenvalue weighted by molar-refractivity contribution is -0.155. The molecular weight excluding hydrogens is 286 g/mol. The molecule has 2 rings (SSSR count). The van der Waals surface area contributed by atoms with Crippen LogP contribution >= 0.6 is 11.3 Å². The molecule has 1 fully saturated rings. The molecule has 2 unspecified atom stereocenters. The Morgan fingerprint density at radius 3 is 2.52 bits per heavy atom. The van der Waals surface area contributed by atoms with Crippen molar-refractivity contribution in [3.63, 3.8) is 0 Å². The van der Waals surface area contributed by atoms with E-state index < -0.39 is 12.1 Å². The molecule has 0 aromatic carbocycles. The third kappa shape index (κ3) is 3.26. The third-order valence-corrected chi connectivity index (χ3v) is 4.45. The largest absolute Gasteiger partial charge is 0.342 e. The molecule has 1 aliphatic heterocycles. The summed E-state index contributed by atoms with van der Waals surface area (Å²) in [5.74, 6) is -0.0155. The van der Waals surface area contributed by atoms with Crippen molar-refractivity contribution in [2.75, 3.05) is 0 Å². The molecule has 0 aliphatic carbocycles. The van der Waals surface area contributed by atoms with Gasteiger partial charge in [-0.15, -0.1) is 11.3 Å². The van der Waals surface area contributed by atoms with Gasteiger partial charge in [-0.05, 0) is 11.3 Å². The van der Waals surface area contributed by atoms with E-state index in [2.05, 4.69) is 10.3 Å². The second-order valence-corrected chi connectivity index (χ2v) is 7.87. The monoisotopic (exact) mass is 309 g/mol. The maximum absolute atomic E-state index is 12.8. The number of amides is 2. The van der Waals surface area contributed by atoms with E-state index >= 15 is 0 Å². The van der Waals surface area contributed by atoms with E-state index in [1.807, 2.05) is 40.0 Å². The van der Waals surface area contributed by atoms with Crippen molar-refractivity contribution >= 4 is 23.2 Å². The third-order valence-electron chi connectivity index (χ3n) is 3.68. The summed E-state index contributed by atoms with van der Waals surface area (Å²) in [4.78, 5) is 31.2. The quantitative estimate of drug-likeness (QED) is 0.929. The van der Waals surface area contributed by atoms with Crippen LogP contribution in [0.1, 0.15) is 39.6 Å². The first kappa shape index (κ1) is 15.9. The van der Waals surface area contributed by atoms with Gasteiger partial charge in [0.15, 0.2) is 0 Å². The standard InChI is InChI=1S/C15H23N3O2S/c1-9(2)11-14(20)18(8-10-16-6-7-21-10)12(13(19)17-11)15(3,4)5/h6-7,9,11-12H,8H2,1-5H3,(H,17,19). The number of aromatic nitrogens is 1. The average molecular weight is 309 g/mol. The Labute approximate surface area is 129 Å². The van der Waals surface area contributed by atoms with Gasteiger partial charge >= 0.3 is 0 Å². The average Bonchev–Trinajstić information content (AvgIpc) is 2.84. The minimum atomic E-state index is -0.469. The summed E-state index contributed by atoms with van der Waals surface area (Å²) in [5.41, 5.74) is -0.320. The summed E-state index contributed by atoms with van der Waals surface area (Å²) >= 11 is 1.51. The minimum absolute atomic E-state index is 0.0141. The normalized spacial score (nSPS) is 23.6. The van der Waals surface area contributed by atoms with Crippen LogP contribution in [0.15, 0.2) is 11.6 Å². The second kappa shape index (κ2) is 5.75. The van der Waals surface area contributed by atoms with Crippen molar-refractivity contribution in [1.82, 2.24) is 15.2 Å². The second-order valence-electron chi connectivity index (χ2n) is 6.89. The highest BCUT2D eigenvalue weighted by Gasteiger charge is 2.46. The fourth-order valence-electron chi connectivity index (χ4n) is 2.70. The van der Waals surface area contributed by atoms with Gasteiger partial charge in [0.2, 0.25) is 11.8 Å². The summed E-state index contributed by atoms with van der Waals surface area (Å²) < 4.78 is 0. The Morgan fingerprint density at radius 1 is 1.38 bits per heavy atom. The van der Waals surface area contributed by atoms with Crippen molar-refractivity contribution in [3.05, 3.63) is 16.6 Å². The zero-order chi connectivity index (χ0) is 15.8. The zero-order valence-corrected chi connectivity index (χ0v) is 14.0. The molecule has 2 atom stereocenters. The lowest BCUT2D eigenvalue weighted by atomic mass is 9.82. The summed E-state index contributed by atoms with van der Waals surface area (Å²) in [6.07, 6.45) is 1.72. The van der Waals surface area contributed by atoms with Gasteiger partial charge in [0.1, 0.15) is 17.1 Å². The maximum Gasteiger partial charge on any atom is 0.246 e. The molecule has 21 heavy (non-hydrogen) atoms. The van der Waals surface area contributed by atoms with E-state index in [1.165, 1.54) is 11.3 Å². The molecule has 1 aromatic heterocycles. The number of carbonyl (C=O) groups excluding carboxylic acids is 2. The first-order valence-electron chi connectivity index (χ1n) is 7.21. The molecule has 6 heteroatoms. The van der Waals surface area contributed by atoms with Crippen molar-refractivity contribution in [2.45, 2.75) is 53.2 Å². The van der Waals surface area contributed by atoms with Gasteiger partial charge in [-0.25, -0.2) is 4.98 Å². The van der Waals surface area contributed by atoms with Gasteiger partial charge in [-0.3, -0.25) is 9.59 Å². The Kier molecular flexibility index (Phi) is 4.37. The van der Waals surface area contributed by atoms with Crippen LogP contribution < -0.4 is 5.32 Å². The van der Waals surface area contributed by atoms with Crippen molar-refractivity contribution in [3.8, 4) is 0 Å². The number of nitrogens with one attached hydrogen (secondary N) is 1. The number of thiazole rings is 1. The van der Waals surface area contributed by atoms with E-state index in [4.69, 9.17) is 0 Å². The molecule has 2 heterocycles. The zero-order valence-electron chi connectivity index (χ0n) is 13.2. The molecule has 1 aliphatic rings. The predicted octanol–water partition coefficient (Wildman–Crippen LogP) is 2.04. The number of rotatable bonds is 3. The van der Waals surface area contributed by atoms with Crippen LogP contribution in [-0.2, 0) is 16.1 Å². The number of hydrogen-bond acceptors (Lipinski definition) is 4. The van der Waals surface area contributed by atoms with Gasteiger partial charge in [0.25, 0.3) is 0 Å². The predicted molar refractivity (Wildman–Crippen MR) is 82.7 cm³/mol. The molecule has 1 aromatic rings. The minimum Gasteiger partial charge on any atom is -0.342 e. The molecule has 0 bridgehead atoms. The number of nitrogens with zero attached hydrogens (tertiary/aromatic N) is 2. The Morgan fingerprint density at radius 2 is 2.05 bits per heavy atom. The molecule has 2 amide bonds. The van der Waals surface area contributed by atoms with Crippen LogP contribution in [0.25, 0.3) is 0 Å². The van der Waals surface area contributed by atoms with Gasteiger partial charge in [-0.1, -0.05) is 34.6 Å². The van der Waals surface area contributed by atoms with Gasteiger partial charge in [0, 0.05) is 11.6 Å². The maximum atomic E-state index is 12.8. The highest BCUT2D eigenvalue weighted by atomic mass is 32.1. The van der Waals surface area contributed by atoms with E-state index in [1.54, 1.807) is 11.1 Å². The summed E-state index contributed by atoms with van der Waals surface area (Å²) in [7, 11) is 0. The van der Waals surface area contributed by atoms with Gasteiger partial charge in [0.05, 0.1) is 6.54 Å². The lowest BCUT2D eigenvalue weighted by Gasteiger charge is -2.45. The first-order chi connectivity index (χ1) is 9.71. The van der Waals surface area contributed by atoms with Gasteiger partial charge < -0.3 is 10.2 Å². The molecule has 0 radical (unpaired) electrons. The number of carbonyl (C=O) groups is 2. The van der Waals surface area contributed by atoms with Crippen LogP contribution in [0.4, 0.5) is 0 Å². The van der Waals surface area contributed by atoms with E-state index in [-0.39, 0.29) is 23.1 Å². The highest BCUT2D eigenvalue weighted by Crippen LogP contribution is 2.30. The topological polar surface area (TPSA) is 62.3 Å². The molecule has 1 N–H and O–H groups in total. The van der Waals surface area contributed by atoms with Crippen molar-refractivity contribution < 1.29 is 9.59 Å². The van der Waals surface area contributed by atoms with Crippen molar-refractivity contribution in [2.24, 2.45) is 11.3 Å². The molecule has 1 saturated heterocycles. The Balaban J connectivity index is 2.35. The molecule has 0 saturated carbocycles. The fourth-order valence-corrected chi connectivity index (χ4v) is 3.31. The fraction of sp³-hybridized carbons (Fsp3) is 0.667. The molecule has 116 valence electrons. The van der Waals surface area contributed by atoms with Crippen LogP contribution in [0.2, 0.25) is 0 Å². The molecule has 5 nitrogen and oxygen atoms in total. The van der Waals surface area contributed by atoms with Crippen LogP contribution in [0, 0.1) is 11.3 Å². The van der Waals surface area contributed by atoms with Gasteiger partial charge in [-0.2, -0.15) is 0 Å². The smallest absolute Gasteiger partial charge is 0.246 e. The summed E-state index contributed by atoms with van der Waals surface area (Å²) in [6, 6.07) is -0.917. The summed E-state index contributed by atoms with van der Waals surface area (Å²) in [5, 5.41) is 5.63. The van der Waals surface area contributed by atoms with E-state index in [0.717, 1.165) is 5.01 Å². The Hall–Kier alpha value is -1.43. The number of piperazine rings is 1. The molecule has 0 spiro atoms. The highest BCUT2D eigenvalue weighted by molar-refractivity contribution is 7.09. The lowest BCUT2D eigenvalue weighted by Crippen LogP contribution is -2.67. The van der Waals surface area contributed by atoms with E-state index in [0.29, 0.717) is 6.54 Å². The Bertz CT molecular complexity index is 520. The van der Waals surface area contributed by atoms with E-state index in [9.17, 15) is 9.59 Å². The molecular formula is C15H23N3O2S. The summed E-state index contributed by atoms with van der Waals surface area (Å²) in [6.45, 7) is 10.2.